The van der Waals surface area contributed by atoms with Crippen LogP contribution in [0.3, 0.4) is 0 Å². The van der Waals surface area contributed by atoms with Gasteiger partial charge in [0.05, 0.1) is 5.92 Å². The number of piperidine rings is 1. The Labute approximate surface area is 96.5 Å². The van der Waals surface area contributed by atoms with Gasteiger partial charge in [-0.1, -0.05) is 0 Å². The van der Waals surface area contributed by atoms with Gasteiger partial charge in [0.1, 0.15) is 0 Å². The molecule has 4 unspecified atom stereocenters. The van der Waals surface area contributed by atoms with E-state index in [-0.39, 0.29) is 11.8 Å². The standard InChI is InChI=1S/C12H21N3O/c13-8-3-4-9(6-8)15-5-1-2-10-11(15)7-14-12(10)16/h8-11H,1-7,13H2,(H,14,16). The Hall–Kier alpha value is -0.610. The number of nitrogens with one attached hydrogen (secondary N) is 1. The van der Waals surface area contributed by atoms with Crippen molar-refractivity contribution in [2.75, 3.05) is 13.1 Å². The Kier molecular flexibility index (Phi) is 2.64. The van der Waals surface area contributed by atoms with E-state index in [2.05, 4.69) is 10.2 Å². The number of nitrogens with two attached hydrogens (primary N) is 1. The molecule has 0 bridgehead atoms. The lowest BCUT2D eigenvalue weighted by Gasteiger charge is -2.40. The van der Waals surface area contributed by atoms with Gasteiger partial charge in [-0.2, -0.15) is 0 Å². The van der Waals surface area contributed by atoms with Crippen LogP contribution in [0, 0.1) is 5.92 Å². The lowest BCUT2D eigenvalue weighted by molar-refractivity contribution is -0.124. The molecule has 2 aliphatic heterocycles. The van der Waals surface area contributed by atoms with Crippen molar-refractivity contribution in [1.82, 2.24) is 10.2 Å². The van der Waals surface area contributed by atoms with E-state index in [1.54, 1.807) is 0 Å². The average molecular weight is 223 g/mol. The van der Waals surface area contributed by atoms with Gasteiger partial charge in [-0.25, -0.2) is 0 Å². The van der Waals surface area contributed by atoms with Crippen LogP contribution in [0.1, 0.15) is 32.1 Å². The molecule has 3 rings (SSSR count). The van der Waals surface area contributed by atoms with Gasteiger partial charge in [0.15, 0.2) is 0 Å². The molecule has 4 nitrogen and oxygen atoms in total. The summed E-state index contributed by atoms with van der Waals surface area (Å²) in [6.07, 6.45) is 5.74. The van der Waals surface area contributed by atoms with Crippen molar-refractivity contribution >= 4 is 5.91 Å². The summed E-state index contributed by atoms with van der Waals surface area (Å²) < 4.78 is 0. The van der Waals surface area contributed by atoms with E-state index in [0.717, 1.165) is 32.4 Å². The Morgan fingerprint density at radius 2 is 2.19 bits per heavy atom. The van der Waals surface area contributed by atoms with Gasteiger partial charge in [-0.05, 0) is 38.6 Å². The molecule has 2 saturated heterocycles. The molecule has 3 N–H and O–H groups in total. The van der Waals surface area contributed by atoms with Gasteiger partial charge in [0.25, 0.3) is 0 Å². The van der Waals surface area contributed by atoms with Gasteiger partial charge < -0.3 is 11.1 Å². The summed E-state index contributed by atoms with van der Waals surface area (Å²) in [5.41, 5.74) is 5.99. The van der Waals surface area contributed by atoms with Crippen molar-refractivity contribution in [1.29, 1.82) is 0 Å². The summed E-state index contributed by atoms with van der Waals surface area (Å²) in [6, 6.07) is 1.47. The molecule has 1 saturated carbocycles. The lowest BCUT2D eigenvalue weighted by atomic mass is 9.90. The second-order valence-corrected chi connectivity index (χ2v) is 5.53. The van der Waals surface area contributed by atoms with E-state index < -0.39 is 0 Å². The fourth-order valence-electron chi connectivity index (χ4n) is 3.73. The number of rotatable bonds is 1. The Bertz CT molecular complexity index is 294. The third-order valence-electron chi connectivity index (χ3n) is 4.56. The highest BCUT2D eigenvalue weighted by Crippen LogP contribution is 2.33. The van der Waals surface area contributed by atoms with Crippen LogP contribution < -0.4 is 11.1 Å². The van der Waals surface area contributed by atoms with Crippen LogP contribution in [0.15, 0.2) is 0 Å². The zero-order valence-electron chi connectivity index (χ0n) is 9.69. The highest BCUT2D eigenvalue weighted by atomic mass is 16.2. The number of nitrogens with zero attached hydrogens (tertiary/aromatic N) is 1. The van der Waals surface area contributed by atoms with Gasteiger partial charge >= 0.3 is 0 Å². The van der Waals surface area contributed by atoms with E-state index >= 15 is 0 Å². The minimum atomic E-state index is 0.255. The van der Waals surface area contributed by atoms with Crippen LogP contribution in [-0.2, 0) is 4.79 Å². The lowest BCUT2D eigenvalue weighted by Crippen LogP contribution is -2.50. The van der Waals surface area contributed by atoms with Gasteiger partial charge in [-0.3, -0.25) is 9.69 Å². The molecule has 0 aromatic rings. The van der Waals surface area contributed by atoms with Crippen molar-refractivity contribution in [3.63, 3.8) is 0 Å². The molecule has 16 heavy (non-hydrogen) atoms. The highest BCUT2D eigenvalue weighted by Gasteiger charge is 2.43. The number of amides is 1. The van der Waals surface area contributed by atoms with E-state index in [9.17, 15) is 4.79 Å². The molecule has 0 radical (unpaired) electrons. The third kappa shape index (κ3) is 1.64. The Morgan fingerprint density at radius 1 is 1.31 bits per heavy atom. The molecule has 3 fully saturated rings. The number of carbonyl (C=O) groups is 1. The van der Waals surface area contributed by atoms with E-state index in [1.165, 1.54) is 12.8 Å². The van der Waals surface area contributed by atoms with Crippen LogP contribution in [0.4, 0.5) is 0 Å². The van der Waals surface area contributed by atoms with Crippen LogP contribution in [0.5, 0.6) is 0 Å². The van der Waals surface area contributed by atoms with Crippen LogP contribution in [0.2, 0.25) is 0 Å². The minimum Gasteiger partial charge on any atom is -0.354 e. The molecule has 1 amide bonds. The molecule has 4 atom stereocenters. The van der Waals surface area contributed by atoms with Crippen LogP contribution in [0.25, 0.3) is 0 Å². The number of hydrogen-bond acceptors (Lipinski definition) is 3. The molecule has 4 heteroatoms. The van der Waals surface area contributed by atoms with Crippen molar-refractivity contribution < 1.29 is 4.79 Å². The van der Waals surface area contributed by atoms with Gasteiger partial charge in [-0.15, -0.1) is 0 Å². The average Bonchev–Trinajstić information content (AvgIpc) is 2.86. The molecule has 0 aromatic heterocycles. The summed E-state index contributed by atoms with van der Waals surface area (Å²) in [4.78, 5) is 14.2. The molecule has 3 aliphatic rings. The fourth-order valence-corrected chi connectivity index (χ4v) is 3.73. The van der Waals surface area contributed by atoms with E-state index in [4.69, 9.17) is 5.73 Å². The molecule has 0 spiro atoms. The van der Waals surface area contributed by atoms with Crippen molar-refractivity contribution in [2.24, 2.45) is 11.7 Å². The fraction of sp³-hybridized carbons (Fsp3) is 0.917. The summed E-state index contributed by atoms with van der Waals surface area (Å²) in [5.74, 6) is 0.530. The Morgan fingerprint density at radius 3 is 2.94 bits per heavy atom. The number of carbonyl (C=O) groups excluding carboxylic acids is 1. The summed E-state index contributed by atoms with van der Waals surface area (Å²) >= 11 is 0. The van der Waals surface area contributed by atoms with Crippen molar-refractivity contribution in [3.05, 3.63) is 0 Å². The number of likely N-dealkylation sites (tertiary alicyclic amines) is 1. The van der Waals surface area contributed by atoms with Crippen LogP contribution >= 0.6 is 0 Å². The third-order valence-corrected chi connectivity index (χ3v) is 4.56. The number of fused-ring (bicyclic) bond motifs is 1. The first kappa shape index (κ1) is 10.5. The van der Waals surface area contributed by atoms with E-state index in [1.807, 2.05) is 0 Å². The first-order chi connectivity index (χ1) is 7.75. The Balaban J connectivity index is 1.72. The first-order valence-electron chi connectivity index (χ1n) is 6.55. The van der Waals surface area contributed by atoms with Crippen LogP contribution in [-0.4, -0.2) is 42.0 Å². The molecule has 2 heterocycles. The molecule has 0 aromatic carbocycles. The van der Waals surface area contributed by atoms with Gasteiger partial charge in [0, 0.05) is 24.7 Å². The molecular weight excluding hydrogens is 202 g/mol. The first-order valence-corrected chi connectivity index (χ1v) is 6.55. The second-order valence-electron chi connectivity index (χ2n) is 5.53. The van der Waals surface area contributed by atoms with Crippen molar-refractivity contribution in [3.8, 4) is 0 Å². The van der Waals surface area contributed by atoms with E-state index in [0.29, 0.717) is 18.1 Å². The predicted octanol–water partition coefficient (Wildman–Crippen LogP) is 0.0766. The summed E-state index contributed by atoms with van der Waals surface area (Å²) in [5, 5.41) is 3.01. The smallest absolute Gasteiger partial charge is 0.224 e. The SMILES string of the molecule is NC1CCC(N2CCCC3C(=O)NCC32)C1. The maximum absolute atomic E-state index is 11.7. The minimum absolute atomic E-state index is 0.255. The molecule has 1 aliphatic carbocycles. The monoisotopic (exact) mass is 223 g/mol. The maximum Gasteiger partial charge on any atom is 0.224 e. The van der Waals surface area contributed by atoms with Crippen molar-refractivity contribution in [2.45, 2.75) is 50.2 Å². The molecular formula is C12H21N3O. The zero-order valence-corrected chi connectivity index (χ0v) is 9.69. The summed E-state index contributed by atoms with van der Waals surface area (Å²) in [6.45, 7) is 2.02. The van der Waals surface area contributed by atoms with Gasteiger partial charge in [0.2, 0.25) is 5.91 Å². The normalized spacial score (nSPS) is 44.4. The second kappa shape index (κ2) is 4.00. The largest absolute Gasteiger partial charge is 0.354 e. The highest BCUT2D eigenvalue weighted by molar-refractivity contribution is 5.82. The quantitative estimate of drug-likeness (QED) is 0.662. The predicted molar refractivity (Wildman–Crippen MR) is 61.8 cm³/mol. The molecule has 90 valence electrons. The maximum atomic E-state index is 11.7. The summed E-state index contributed by atoms with van der Waals surface area (Å²) in [7, 11) is 0. The number of hydrogen-bond donors (Lipinski definition) is 2. The zero-order chi connectivity index (χ0) is 11.1. The topological polar surface area (TPSA) is 58.4 Å².